The second-order valence-corrected chi connectivity index (χ2v) is 9.24. The lowest BCUT2D eigenvalue weighted by Crippen LogP contribution is -2.41. The van der Waals surface area contributed by atoms with Gasteiger partial charge in [-0.3, -0.25) is 14.5 Å². The Labute approximate surface area is 183 Å². The van der Waals surface area contributed by atoms with Crippen LogP contribution >= 0.6 is 0 Å². The Hall–Kier alpha value is -2.05. The second-order valence-electron chi connectivity index (χ2n) is 7.31. The summed E-state index contributed by atoms with van der Waals surface area (Å²) < 4.78 is 36.8. The van der Waals surface area contributed by atoms with E-state index in [1.54, 1.807) is 43.3 Å². The van der Waals surface area contributed by atoms with E-state index >= 15 is 0 Å². The average Bonchev–Trinajstić information content (AvgIpc) is 2.76. The molecule has 0 aromatic heterocycles. The van der Waals surface area contributed by atoms with Crippen LogP contribution in [0.15, 0.2) is 29.2 Å². The van der Waals surface area contributed by atoms with Crippen LogP contribution in [0.4, 0.5) is 0 Å². The van der Waals surface area contributed by atoms with E-state index in [1.165, 1.54) is 4.31 Å². The number of morpholine rings is 1. The number of sulfonamides is 1. The van der Waals surface area contributed by atoms with Crippen molar-refractivity contribution < 1.29 is 27.5 Å². The molecule has 0 spiro atoms. The topological polar surface area (TPSA) is 117 Å². The highest BCUT2D eigenvalue weighted by atomic mass is 32.2. The molecule has 1 aliphatic rings. The SMILES string of the molecule is COCCCNC(=O)CN(C)CC(=O)NCc1ccc(S(=O)(=O)N2CCOCC2)cc1. The number of carbonyl (C=O) groups is 2. The molecular weight excluding hydrogens is 424 g/mol. The van der Waals surface area contributed by atoms with Gasteiger partial charge in [-0.05, 0) is 31.2 Å². The molecule has 0 radical (unpaired) electrons. The third-order valence-corrected chi connectivity index (χ3v) is 6.61. The normalized spacial score (nSPS) is 15.1. The number of rotatable bonds is 12. The summed E-state index contributed by atoms with van der Waals surface area (Å²) in [4.78, 5) is 25.8. The number of likely N-dealkylation sites (N-methyl/N-ethyl adjacent to an activating group) is 1. The summed E-state index contributed by atoms with van der Waals surface area (Å²) in [6.07, 6.45) is 0.735. The van der Waals surface area contributed by atoms with E-state index in [0.717, 1.165) is 12.0 Å². The highest BCUT2D eigenvalue weighted by Crippen LogP contribution is 2.17. The summed E-state index contributed by atoms with van der Waals surface area (Å²) in [5, 5.41) is 5.55. The van der Waals surface area contributed by atoms with Crippen LogP contribution in [0.25, 0.3) is 0 Å². The maximum Gasteiger partial charge on any atom is 0.243 e. The third kappa shape index (κ3) is 8.54. The van der Waals surface area contributed by atoms with E-state index in [4.69, 9.17) is 9.47 Å². The molecule has 2 rings (SSSR count). The Balaban J connectivity index is 1.74. The largest absolute Gasteiger partial charge is 0.385 e. The zero-order valence-corrected chi connectivity index (χ0v) is 18.9. The van der Waals surface area contributed by atoms with Gasteiger partial charge in [-0.15, -0.1) is 0 Å². The molecule has 1 aromatic carbocycles. The van der Waals surface area contributed by atoms with Gasteiger partial charge in [0.1, 0.15) is 0 Å². The van der Waals surface area contributed by atoms with Gasteiger partial charge in [0.15, 0.2) is 0 Å². The first-order valence-corrected chi connectivity index (χ1v) is 11.6. The van der Waals surface area contributed by atoms with Crippen LogP contribution in [-0.2, 0) is 35.6 Å². The minimum atomic E-state index is -3.53. The maximum atomic E-state index is 12.6. The molecule has 2 amide bonds. The van der Waals surface area contributed by atoms with Crippen molar-refractivity contribution in [3.63, 3.8) is 0 Å². The minimum Gasteiger partial charge on any atom is -0.385 e. The van der Waals surface area contributed by atoms with Crippen molar-refractivity contribution in [2.45, 2.75) is 17.9 Å². The first kappa shape index (κ1) is 25.2. The Morgan fingerprint density at radius 3 is 2.32 bits per heavy atom. The molecule has 10 nitrogen and oxygen atoms in total. The number of ether oxygens (including phenoxy) is 2. The maximum absolute atomic E-state index is 12.6. The zero-order chi connectivity index (χ0) is 22.7. The van der Waals surface area contributed by atoms with E-state index < -0.39 is 10.0 Å². The lowest BCUT2D eigenvalue weighted by molar-refractivity contribution is -0.124. The first-order chi connectivity index (χ1) is 14.8. The first-order valence-electron chi connectivity index (χ1n) is 10.2. The molecule has 0 atom stereocenters. The molecule has 0 saturated carbocycles. The van der Waals surface area contributed by atoms with Crippen molar-refractivity contribution in [3.05, 3.63) is 29.8 Å². The third-order valence-electron chi connectivity index (χ3n) is 4.70. The van der Waals surface area contributed by atoms with Gasteiger partial charge in [0.25, 0.3) is 0 Å². The van der Waals surface area contributed by atoms with Crippen molar-refractivity contribution in [1.82, 2.24) is 19.8 Å². The predicted molar refractivity (Wildman–Crippen MR) is 115 cm³/mol. The van der Waals surface area contributed by atoms with Crippen LogP contribution in [0.5, 0.6) is 0 Å². The van der Waals surface area contributed by atoms with Gasteiger partial charge < -0.3 is 20.1 Å². The summed E-state index contributed by atoms with van der Waals surface area (Å²) in [6.45, 7) is 3.07. The van der Waals surface area contributed by atoms with Gasteiger partial charge in [-0.2, -0.15) is 4.31 Å². The molecule has 1 fully saturated rings. The summed E-state index contributed by atoms with van der Waals surface area (Å²) in [5.74, 6) is -0.372. The fourth-order valence-electron chi connectivity index (χ4n) is 3.02. The number of amides is 2. The standard InChI is InChI=1S/C20H32N4O6S/c1-23(15-19(25)21-8-3-11-29-2)16-20(26)22-14-17-4-6-18(7-5-17)31(27,28)24-9-12-30-13-10-24/h4-7H,3,8-16H2,1-2H3,(H,21,25)(H,22,26). The number of hydrogen-bond acceptors (Lipinski definition) is 7. The number of carbonyl (C=O) groups excluding carboxylic acids is 2. The fourth-order valence-corrected chi connectivity index (χ4v) is 4.43. The quantitative estimate of drug-likeness (QED) is 0.404. The fraction of sp³-hybridized carbons (Fsp3) is 0.600. The van der Waals surface area contributed by atoms with Crippen molar-refractivity contribution in [1.29, 1.82) is 0 Å². The molecule has 0 bridgehead atoms. The van der Waals surface area contributed by atoms with Crippen LogP contribution in [0.3, 0.4) is 0 Å². The van der Waals surface area contributed by atoms with Crippen molar-refractivity contribution >= 4 is 21.8 Å². The lowest BCUT2D eigenvalue weighted by atomic mass is 10.2. The molecule has 2 N–H and O–H groups in total. The van der Waals surface area contributed by atoms with E-state index in [-0.39, 0.29) is 36.3 Å². The summed E-state index contributed by atoms with van der Waals surface area (Å²) >= 11 is 0. The Bertz CT molecular complexity index is 809. The van der Waals surface area contributed by atoms with Crippen LogP contribution < -0.4 is 10.6 Å². The Morgan fingerprint density at radius 2 is 1.71 bits per heavy atom. The van der Waals surface area contributed by atoms with Crippen LogP contribution in [-0.4, -0.2) is 96.1 Å². The van der Waals surface area contributed by atoms with E-state index in [1.807, 2.05) is 0 Å². The van der Waals surface area contributed by atoms with Crippen LogP contribution in [0, 0.1) is 0 Å². The van der Waals surface area contributed by atoms with Gasteiger partial charge in [-0.1, -0.05) is 12.1 Å². The average molecular weight is 457 g/mol. The highest BCUT2D eigenvalue weighted by Gasteiger charge is 2.26. The Morgan fingerprint density at radius 1 is 1.10 bits per heavy atom. The van der Waals surface area contributed by atoms with Gasteiger partial charge >= 0.3 is 0 Å². The van der Waals surface area contributed by atoms with Gasteiger partial charge in [0, 0.05) is 39.9 Å². The Kier molecular flexibility index (Phi) is 10.3. The molecule has 1 heterocycles. The van der Waals surface area contributed by atoms with Crippen LogP contribution in [0.1, 0.15) is 12.0 Å². The number of methoxy groups -OCH3 is 1. The molecule has 1 saturated heterocycles. The summed E-state index contributed by atoms with van der Waals surface area (Å²) in [6, 6.07) is 6.47. The van der Waals surface area contributed by atoms with Crippen molar-refractivity contribution in [2.24, 2.45) is 0 Å². The molecule has 0 unspecified atom stereocenters. The summed E-state index contributed by atoms with van der Waals surface area (Å²) in [7, 11) is -0.232. The van der Waals surface area contributed by atoms with Gasteiger partial charge in [-0.25, -0.2) is 8.42 Å². The second kappa shape index (κ2) is 12.7. The van der Waals surface area contributed by atoms with Crippen molar-refractivity contribution in [3.8, 4) is 0 Å². The smallest absolute Gasteiger partial charge is 0.243 e. The molecule has 174 valence electrons. The summed E-state index contributed by atoms with van der Waals surface area (Å²) in [5.41, 5.74) is 0.785. The molecule has 31 heavy (non-hydrogen) atoms. The molecular formula is C20H32N4O6S. The number of benzene rings is 1. The molecule has 1 aliphatic heterocycles. The number of nitrogens with one attached hydrogen (secondary N) is 2. The van der Waals surface area contributed by atoms with Gasteiger partial charge in [0.05, 0.1) is 31.2 Å². The molecule has 1 aromatic rings. The van der Waals surface area contributed by atoms with E-state index in [2.05, 4.69) is 10.6 Å². The van der Waals surface area contributed by atoms with Gasteiger partial charge in [0.2, 0.25) is 21.8 Å². The molecule has 11 heteroatoms. The number of nitrogens with zero attached hydrogens (tertiary/aromatic N) is 2. The molecule has 0 aliphatic carbocycles. The minimum absolute atomic E-state index is 0.0784. The van der Waals surface area contributed by atoms with E-state index in [0.29, 0.717) is 39.5 Å². The van der Waals surface area contributed by atoms with Crippen molar-refractivity contribution in [2.75, 3.05) is 66.7 Å². The zero-order valence-electron chi connectivity index (χ0n) is 18.1. The monoisotopic (exact) mass is 456 g/mol. The lowest BCUT2D eigenvalue weighted by Gasteiger charge is -2.26. The predicted octanol–water partition coefficient (Wildman–Crippen LogP) is -0.592. The van der Waals surface area contributed by atoms with Crippen LogP contribution in [0.2, 0.25) is 0 Å². The van der Waals surface area contributed by atoms with E-state index in [9.17, 15) is 18.0 Å². The highest BCUT2D eigenvalue weighted by molar-refractivity contribution is 7.89. The number of hydrogen-bond donors (Lipinski definition) is 2.